The molecule has 0 amide bonds. The second-order valence-corrected chi connectivity index (χ2v) is 4.43. The van der Waals surface area contributed by atoms with Crippen LogP contribution in [0.5, 0.6) is 0 Å². The Balaban J connectivity index is 2.36. The van der Waals surface area contributed by atoms with E-state index in [2.05, 4.69) is 12.2 Å². The molecule has 2 nitrogen and oxygen atoms in total. The van der Waals surface area contributed by atoms with Crippen molar-refractivity contribution in [1.82, 2.24) is 5.32 Å². The fourth-order valence-corrected chi connectivity index (χ4v) is 1.56. The third-order valence-corrected chi connectivity index (χ3v) is 2.56. The topological polar surface area (TPSA) is 32.3 Å². The van der Waals surface area contributed by atoms with Gasteiger partial charge < -0.3 is 10.4 Å². The van der Waals surface area contributed by atoms with Crippen molar-refractivity contribution in [2.45, 2.75) is 26.3 Å². The Labute approximate surface area is 96.5 Å². The van der Waals surface area contributed by atoms with Crippen LogP contribution >= 0.6 is 0 Å². The molecule has 0 fully saturated rings. The minimum absolute atomic E-state index is 0.187. The second kappa shape index (κ2) is 6.61. The van der Waals surface area contributed by atoms with Gasteiger partial charge >= 0.3 is 0 Å². The molecule has 0 bridgehead atoms. The van der Waals surface area contributed by atoms with E-state index in [1.165, 1.54) is 6.07 Å². The van der Waals surface area contributed by atoms with Crippen LogP contribution < -0.4 is 5.32 Å². The van der Waals surface area contributed by atoms with E-state index in [9.17, 15) is 4.39 Å². The number of halogens is 1. The van der Waals surface area contributed by atoms with Gasteiger partial charge in [0.2, 0.25) is 0 Å². The molecule has 0 radical (unpaired) electrons. The van der Waals surface area contributed by atoms with Gasteiger partial charge in [-0.3, -0.25) is 0 Å². The summed E-state index contributed by atoms with van der Waals surface area (Å²) < 4.78 is 12.9. The number of benzene rings is 1. The van der Waals surface area contributed by atoms with E-state index < -0.39 is 0 Å². The number of rotatable bonds is 6. The van der Waals surface area contributed by atoms with Crippen LogP contribution in [0.2, 0.25) is 0 Å². The highest BCUT2D eigenvalue weighted by atomic mass is 19.1. The maximum atomic E-state index is 12.9. The summed E-state index contributed by atoms with van der Waals surface area (Å²) in [5.41, 5.74) is 0.997. The Hall–Kier alpha value is -0.930. The van der Waals surface area contributed by atoms with Crippen LogP contribution in [0.1, 0.15) is 19.4 Å². The molecule has 16 heavy (non-hydrogen) atoms. The van der Waals surface area contributed by atoms with E-state index >= 15 is 0 Å². The molecular formula is C13H20FNO. The summed E-state index contributed by atoms with van der Waals surface area (Å²) in [6, 6.07) is 6.96. The molecular weight excluding hydrogens is 205 g/mol. The lowest BCUT2D eigenvalue weighted by Crippen LogP contribution is -2.32. The molecule has 0 aromatic heterocycles. The first-order valence-corrected chi connectivity index (χ1v) is 5.70. The highest BCUT2D eigenvalue weighted by molar-refractivity contribution is 5.17. The zero-order valence-electron chi connectivity index (χ0n) is 9.91. The molecule has 1 rings (SSSR count). The minimum atomic E-state index is -0.187. The molecule has 0 saturated carbocycles. The summed E-state index contributed by atoms with van der Waals surface area (Å²) in [6.45, 7) is 5.03. The SMILES string of the molecule is CC(CO)CNC(C)Cc1cccc(F)c1. The van der Waals surface area contributed by atoms with Crippen molar-refractivity contribution < 1.29 is 9.50 Å². The lowest BCUT2D eigenvalue weighted by molar-refractivity contribution is 0.230. The van der Waals surface area contributed by atoms with Crippen molar-refractivity contribution >= 4 is 0 Å². The average molecular weight is 225 g/mol. The normalized spacial score (nSPS) is 14.8. The highest BCUT2D eigenvalue weighted by Gasteiger charge is 2.06. The van der Waals surface area contributed by atoms with E-state index in [1.54, 1.807) is 12.1 Å². The van der Waals surface area contributed by atoms with E-state index in [0.717, 1.165) is 18.5 Å². The van der Waals surface area contributed by atoms with Gasteiger partial charge in [0.25, 0.3) is 0 Å². The predicted octanol–water partition coefficient (Wildman–Crippen LogP) is 1.97. The van der Waals surface area contributed by atoms with Crippen LogP contribution in [0, 0.1) is 11.7 Å². The Kier molecular flexibility index (Phi) is 5.43. The smallest absolute Gasteiger partial charge is 0.123 e. The molecule has 3 heteroatoms. The van der Waals surface area contributed by atoms with E-state index in [1.807, 2.05) is 13.0 Å². The van der Waals surface area contributed by atoms with Crippen LogP contribution in [-0.4, -0.2) is 24.3 Å². The number of aliphatic hydroxyl groups is 1. The van der Waals surface area contributed by atoms with Crippen molar-refractivity contribution in [3.63, 3.8) is 0 Å². The zero-order chi connectivity index (χ0) is 12.0. The van der Waals surface area contributed by atoms with Gasteiger partial charge in [-0.1, -0.05) is 19.1 Å². The molecule has 2 atom stereocenters. The highest BCUT2D eigenvalue weighted by Crippen LogP contribution is 2.06. The Morgan fingerprint density at radius 2 is 2.12 bits per heavy atom. The van der Waals surface area contributed by atoms with Crippen molar-refractivity contribution in [2.24, 2.45) is 5.92 Å². The fraction of sp³-hybridized carbons (Fsp3) is 0.538. The summed E-state index contributed by atoms with van der Waals surface area (Å²) in [5, 5.41) is 12.2. The van der Waals surface area contributed by atoms with Crippen molar-refractivity contribution in [1.29, 1.82) is 0 Å². The van der Waals surface area contributed by atoms with Gasteiger partial charge in [-0.15, -0.1) is 0 Å². The average Bonchev–Trinajstić information content (AvgIpc) is 2.26. The first kappa shape index (κ1) is 13.1. The van der Waals surface area contributed by atoms with E-state index in [0.29, 0.717) is 0 Å². The molecule has 2 N–H and O–H groups in total. The Morgan fingerprint density at radius 1 is 1.38 bits per heavy atom. The zero-order valence-corrected chi connectivity index (χ0v) is 9.91. The number of hydrogen-bond acceptors (Lipinski definition) is 2. The van der Waals surface area contributed by atoms with Crippen molar-refractivity contribution in [3.8, 4) is 0 Å². The van der Waals surface area contributed by atoms with Gasteiger partial charge in [-0.05, 0) is 37.0 Å². The van der Waals surface area contributed by atoms with Gasteiger partial charge in [0.15, 0.2) is 0 Å². The number of hydrogen-bond donors (Lipinski definition) is 2. The minimum Gasteiger partial charge on any atom is -0.396 e. The summed E-state index contributed by atoms with van der Waals surface area (Å²) in [7, 11) is 0. The summed E-state index contributed by atoms with van der Waals surface area (Å²) in [4.78, 5) is 0. The molecule has 0 aliphatic rings. The van der Waals surface area contributed by atoms with Crippen molar-refractivity contribution in [3.05, 3.63) is 35.6 Å². The molecule has 2 unspecified atom stereocenters. The molecule has 1 aromatic carbocycles. The predicted molar refractivity (Wildman–Crippen MR) is 63.8 cm³/mol. The molecule has 0 saturated heterocycles. The second-order valence-electron chi connectivity index (χ2n) is 4.43. The molecule has 0 heterocycles. The summed E-state index contributed by atoms with van der Waals surface area (Å²) in [6.07, 6.45) is 0.801. The first-order valence-electron chi connectivity index (χ1n) is 5.70. The molecule has 0 aliphatic heterocycles. The van der Waals surface area contributed by atoms with E-state index in [-0.39, 0.29) is 24.4 Å². The summed E-state index contributed by atoms with van der Waals surface area (Å²) in [5.74, 6) is 0.0726. The van der Waals surface area contributed by atoms with Crippen LogP contribution in [0.15, 0.2) is 24.3 Å². The standard InChI is InChI=1S/C13H20FNO/c1-10(9-16)8-15-11(2)6-12-4-3-5-13(14)7-12/h3-5,7,10-11,15-16H,6,8-9H2,1-2H3. The quantitative estimate of drug-likeness (QED) is 0.776. The molecule has 1 aromatic rings. The Bertz CT molecular complexity index is 317. The van der Waals surface area contributed by atoms with Gasteiger partial charge in [0.1, 0.15) is 5.82 Å². The van der Waals surface area contributed by atoms with Gasteiger partial charge in [-0.25, -0.2) is 4.39 Å². The largest absolute Gasteiger partial charge is 0.396 e. The third kappa shape index (κ3) is 4.73. The summed E-state index contributed by atoms with van der Waals surface area (Å²) >= 11 is 0. The van der Waals surface area contributed by atoms with Crippen molar-refractivity contribution in [2.75, 3.05) is 13.2 Å². The maximum Gasteiger partial charge on any atom is 0.123 e. The maximum absolute atomic E-state index is 12.9. The fourth-order valence-electron chi connectivity index (χ4n) is 1.56. The van der Waals surface area contributed by atoms with Gasteiger partial charge in [0.05, 0.1) is 0 Å². The number of nitrogens with one attached hydrogen (secondary N) is 1. The van der Waals surface area contributed by atoms with Gasteiger partial charge in [0, 0.05) is 19.2 Å². The lowest BCUT2D eigenvalue weighted by atomic mass is 10.1. The molecule has 0 aliphatic carbocycles. The van der Waals surface area contributed by atoms with Crippen LogP contribution in [0.25, 0.3) is 0 Å². The lowest BCUT2D eigenvalue weighted by Gasteiger charge is -2.16. The van der Waals surface area contributed by atoms with Crippen LogP contribution in [0.4, 0.5) is 4.39 Å². The van der Waals surface area contributed by atoms with Crippen LogP contribution in [-0.2, 0) is 6.42 Å². The first-order chi connectivity index (χ1) is 7.61. The third-order valence-electron chi connectivity index (χ3n) is 2.56. The van der Waals surface area contributed by atoms with Gasteiger partial charge in [-0.2, -0.15) is 0 Å². The number of aliphatic hydroxyl groups excluding tert-OH is 1. The van der Waals surface area contributed by atoms with E-state index in [4.69, 9.17) is 5.11 Å². The Morgan fingerprint density at radius 3 is 2.75 bits per heavy atom. The van der Waals surface area contributed by atoms with Crippen LogP contribution in [0.3, 0.4) is 0 Å². The monoisotopic (exact) mass is 225 g/mol. The molecule has 0 spiro atoms. The molecule has 90 valence electrons.